The normalized spacial score (nSPS) is 9.67. The van der Waals surface area contributed by atoms with Crippen LogP contribution in [0.5, 0.6) is 0 Å². The molecule has 0 amide bonds. The first kappa shape index (κ1) is 20.5. The first-order valence-corrected chi connectivity index (χ1v) is 6.50. The number of fused-ring (bicyclic) bond motifs is 1. The molecule has 0 heterocycles. The molecule has 0 unspecified atom stereocenters. The predicted molar refractivity (Wildman–Crippen MR) is 79.1 cm³/mol. The van der Waals surface area contributed by atoms with Crippen molar-refractivity contribution < 1.29 is 50.7 Å². The van der Waals surface area contributed by atoms with Gasteiger partial charge in [-0.25, -0.2) is 0 Å². The predicted octanol–water partition coefficient (Wildman–Crippen LogP) is -0.645. The fourth-order valence-electron chi connectivity index (χ4n) is 2.46. The van der Waals surface area contributed by atoms with Crippen LogP contribution in [0.1, 0.15) is 25.3 Å². The summed E-state index contributed by atoms with van der Waals surface area (Å²) >= 11 is 0. The summed E-state index contributed by atoms with van der Waals surface area (Å²) in [5.74, 6) is 0.584. The topological polar surface area (TPSA) is 0 Å². The molecule has 0 bridgehead atoms. The minimum atomic E-state index is 0. The molecule has 3 aromatic carbocycles. The molecule has 0 N–H and O–H groups in total. The minimum absolute atomic E-state index is 0. The van der Waals surface area contributed by atoms with Crippen LogP contribution in [0.2, 0.25) is 0 Å². The molecule has 0 spiro atoms. The van der Waals surface area contributed by atoms with E-state index in [9.17, 15) is 0 Å². The van der Waals surface area contributed by atoms with Gasteiger partial charge in [-0.2, -0.15) is 6.07 Å². The van der Waals surface area contributed by atoms with Gasteiger partial charge in [0, 0.05) is 25.8 Å². The molecule has 0 aliphatic heterocycles. The first-order valence-electron chi connectivity index (χ1n) is 6.50. The standard InChI is InChI=1S/C18H17.2ClH.Hf/c1-13(2)16-11-15-9-6-10-17(18(15)12-16)14-7-4-3-5-8-14;;;/h3-13H,1-2H3;2*1H;/q-1;;;/p-2. The molecule has 0 saturated heterocycles. The monoisotopic (exact) mass is 483 g/mol. The van der Waals surface area contributed by atoms with Gasteiger partial charge in [-0.05, 0) is 11.5 Å². The zero-order valence-electron chi connectivity index (χ0n) is 12.1. The van der Waals surface area contributed by atoms with Gasteiger partial charge in [-0.3, -0.25) is 0 Å². The van der Waals surface area contributed by atoms with E-state index >= 15 is 0 Å². The summed E-state index contributed by atoms with van der Waals surface area (Å²) in [5.41, 5.74) is 4.05. The van der Waals surface area contributed by atoms with Crippen LogP contribution in [0, 0.1) is 0 Å². The largest absolute Gasteiger partial charge is 1.00 e. The van der Waals surface area contributed by atoms with Crippen LogP contribution in [-0.2, 0) is 25.8 Å². The average molecular weight is 483 g/mol. The van der Waals surface area contributed by atoms with Crippen molar-refractivity contribution in [2.24, 2.45) is 0 Å². The summed E-state index contributed by atoms with van der Waals surface area (Å²) in [6.07, 6.45) is 0. The molecule has 3 aromatic rings. The van der Waals surface area contributed by atoms with E-state index in [4.69, 9.17) is 0 Å². The van der Waals surface area contributed by atoms with E-state index in [-0.39, 0.29) is 50.7 Å². The van der Waals surface area contributed by atoms with Crippen molar-refractivity contribution in [2.75, 3.05) is 0 Å². The Morgan fingerprint density at radius 3 is 2.14 bits per heavy atom. The van der Waals surface area contributed by atoms with Crippen molar-refractivity contribution in [3.63, 3.8) is 0 Å². The first-order chi connectivity index (χ1) is 8.75. The molecule has 0 aromatic heterocycles. The van der Waals surface area contributed by atoms with Crippen LogP contribution in [-0.4, -0.2) is 0 Å². The molecule has 0 fully saturated rings. The molecular formula is C18H17Cl2Hf-3. The van der Waals surface area contributed by atoms with Crippen LogP contribution in [0.3, 0.4) is 0 Å². The molecule has 0 atom stereocenters. The third kappa shape index (κ3) is 4.25. The zero-order chi connectivity index (χ0) is 12.5. The number of benzene rings is 2. The Morgan fingerprint density at radius 1 is 0.857 bits per heavy atom. The molecule has 21 heavy (non-hydrogen) atoms. The molecule has 0 saturated carbocycles. The smallest absolute Gasteiger partial charge is 0 e. The Morgan fingerprint density at radius 2 is 1.52 bits per heavy atom. The Kier molecular flexibility index (Phi) is 8.61. The van der Waals surface area contributed by atoms with Gasteiger partial charge in [0.2, 0.25) is 0 Å². The number of hydrogen-bond acceptors (Lipinski definition) is 0. The van der Waals surface area contributed by atoms with E-state index in [1.165, 1.54) is 27.5 Å². The Bertz CT molecular complexity index is 672. The summed E-state index contributed by atoms with van der Waals surface area (Å²) in [4.78, 5) is 0. The van der Waals surface area contributed by atoms with Crippen LogP contribution < -0.4 is 24.8 Å². The third-order valence-electron chi connectivity index (χ3n) is 3.52. The fraction of sp³-hybridized carbons (Fsp3) is 0.167. The van der Waals surface area contributed by atoms with Gasteiger partial charge in [-0.15, -0.1) is 34.5 Å². The van der Waals surface area contributed by atoms with Crippen molar-refractivity contribution in [3.05, 3.63) is 66.2 Å². The van der Waals surface area contributed by atoms with E-state index < -0.39 is 0 Å². The van der Waals surface area contributed by atoms with Crippen LogP contribution in [0.15, 0.2) is 60.7 Å². The average Bonchev–Trinajstić information content (AvgIpc) is 2.83. The second-order valence-electron chi connectivity index (χ2n) is 5.12. The van der Waals surface area contributed by atoms with Crippen molar-refractivity contribution in [2.45, 2.75) is 19.8 Å². The van der Waals surface area contributed by atoms with Gasteiger partial charge in [0.25, 0.3) is 0 Å². The summed E-state index contributed by atoms with van der Waals surface area (Å²) in [5, 5.41) is 2.72. The Balaban J connectivity index is 0.00000133. The molecule has 0 aliphatic carbocycles. The van der Waals surface area contributed by atoms with Crippen molar-refractivity contribution in [1.29, 1.82) is 0 Å². The maximum atomic E-state index is 2.34. The van der Waals surface area contributed by atoms with E-state index in [1.807, 2.05) is 0 Å². The van der Waals surface area contributed by atoms with Crippen molar-refractivity contribution in [1.82, 2.24) is 0 Å². The second kappa shape index (κ2) is 8.83. The van der Waals surface area contributed by atoms with Gasteiger partial charge in [0.1, 0.15) is 0 Å². The maximum Gasteiger partial charge on any atom is 0 e. The summed E-state index contributed by atoms with van der Waals surface area (Å²) in [6.45, 7) is 4.49. The van der Waals surface area contributed by atoms with Crippen LogP contribution in [0.4, 0.5) is 0 Å². The van der Waals surface area contributed by atoms with Gasteiger partial charge < -0.3 is 24.8 Å². The molecule has 0 aliphatic rings. The molecule has 3 rings (SSSR count). The second-order valence-corrected chi connectivity index (χ2v) is 5.12. The van der Waals surface area contributed by atoms with Gasteiger partial charge in [0.05, 0.1) is 0 Å². The van der Waals surface area contributed by atoms with Gasteiger partial charge in [-0.1, -0.05) is 55.8 Å². The van der Waals surface area contributed by atoms with Crippen molar-refractivity contribution in [3.8, 4) is 11.1 Å². The van der Waals surface area contributed by atoms with Crippen LogP contribution >= 0.6 is 0 Å². The van der Waals surface area contributed by atoms with Crippen molar-refractivity contribution >= 4 is 10.8 Å². The zero-order valence-corrected chi connectivity index (χ0v) is 17.2. The molecule has 110 valence electrons. The van der Waals surface area contributed by atoms with E-state index in [1.54, 1.807) is 0 Å². The van der Waals surface area contributed by atoms with E-state index in [0.29, 0.717) is 5.92 Å². The Labute approximate surface area is 157 Å². The number of rotatable bonds is 2. The molecule has 0 radical (unpaired) electrons. The quantitative estimate of drug-likeness (QED) is 0.337. The summed E-state index contributed by atoms with van der Waals surface area (Å²) in [7, 11) is 0. The van der Waals surface area contributed by atoms with Crippen LogP contribution in [0.25, 0.3) is 21.9 Å². The maximum absolute atomic E-state index is 2.34. The third-order valence-corrected chi connectivity index (χ3v) is 3.52. The van der Waals surface area contributed by atoms with E-state index in [0.717, 1.165) is 0 Å². The van der Waals surface area contributed by atoms with E-state index in [2.05, 4.69) is 74.5 Å². The minimum Gasteiger partial charge on any atom is -1.00 e. The fourth-order valence-corrected chi connectivity index (χ4v) is 2.46. The summed E-state index contributed by atoms with van der Waals surface area (Å²) < 4.78 is 0. The molecule has 3 heteroatoms. The Hall–Kier alpha value is -0.500. The SMILES string of the molecule is CC(C)c1cc2c(-c3ccccc3)cccc2[cH-]1.[Cl-].[Cl-].[Hf]. The summed E-state index contributed by atoms with van der Waals surface area (Å²) in [6, 6.07) is 21.8. The number of hydrogen-bond donors (Lipinski definition) is 0. The van der Waals surface area contributed by atoms with Gasteiger partial charge in [0.15, 0.2) is 0 Å². The van der Waals surface area contributed by atoms with Gasteiger partial charge >= 0.3 is 0 Å². The number of halogens is 2. The molecular weight excluding hydrogens is 466 g/mol. The molecule has 0 nitrogen and oxygen atoms in total.